The maximum absolute atomic E-state index is 12.6. The van der Waals surface area contributed by atoms with Gasteiger partial charge in [-0.15, -0.1) is 0 Å². The number of hydrogen-bond acceptors (Lipinski definition) is 5. The van der Waals surface area contributed by atoms with Crippen LogP contribution >= 0.6 is 0 Å². The minimum atomic E-state index is 0.165. The zero-order valence-corrected chi connectivity index (χ0v) is 17.8. The highest BCUT2D eigenvalue weighted by Crippen LogP contribution is 2.48. The van der Waals surface area contributed by atoms with Gasteiger partial charge in [0.2, 0.25) is 5.91 Å². The third-order valence-corrected chi connectivity index (χ3v) is 6.64. The summed E-state index contributed by atoms with van der Waals surface area (Å²) in [5, 5.41) is 7.69. The summed E-state index contributed by atoms with van der Waals surface area (Å²) in [6.45, 7) is 8.09. The lowest BCUT2D eigenvalue weighted by Gasteiger charge is -2.42. The third kappa shape index (κ3) is 4.20. The van der Waals surface area contributed by atoms with Gasteiger partial charge >= 0.3 is 0 Å². The molecule has 1 unspecified atom stereocenters. The summed E-state index contributed by atoms with van der Waals surface area (Å²) in [5.74, 6) is 2.91. The van der Waals surface area contributed by atoms with Crippen molar-refractivity contribution in [2.24, 2.45) is 11.3 Å². The van der Waals surface area contributed by atoms with E-state index < -0.39 is 0 Å². The van der Waals surface area contributed by atoms with Crippen molar-refractivity contribution >= 4 is 5.91 Å². The number of aromatic amines is 1. The van der Waals surface area contributed by atoms with E-state index in [4.69, 9.17) is 4.98 Å². The van der Waals surface area contributed by atoms with E-state index in [2.05, 4.69) is 45.9 Å². The second-order valence-corrected chi connectivity index (χ2v) is 9.21. The largest absolute Gasteiger partial charge is 0.343 e. The number of nitrogens with one attached hydrogen (secondary N) is 1. The topological polar surface area (TPSA) is 78.0 Å². The third-order valence-electron chi connectivity index (χ3n) is 6.64. The average Bonchev–Trinajstić information content (AvgIpc) is 3.32. The first kappa shape index (κ1) is 20.0. The van der Waals surface area contributed by atoms with Gasteiger partial charge in [0.05, 0.1) is 0 Å². The number of hydrogen-bond donors (Lipinski definition) is 1. The molecule has 0 aliphatic carbocycles. The molecule has 7 heteroatoms. The standard InChI is InChI=1S/C22H32N6O/c1-16(2)4-5-19(29)28-12-8-22(9-13-28)15-27(3)14-18(22)21-24-20(25-26-21)17-6-10-23-11-7-17/h6-7,10-11,16,18H,4-5,8-9,12-15H2,1-3H3,(H,24,25,26). The Morgan fingerprint density at radius 3 is 2.69 bits per heavy atom. The molecule has 156 valence electrons. The molecule has 2 aromatic heterocycles. The Balaban J connectivity index is 1.47. The van der Waals surface area contributed by atoms with Crippen LogP contribution in [0.4, 0.5) is 0 Å². The summed E-state index contributed by atoms with van der Waals surface area (Å²) in [6.07, 6.45) is 7.24. The van der Waals surface area contributed by atoms with E-state index in [1.54, 1.807) is 12.4 Å². The van der Waals surface area contributed by atoms with Crippen LogP contribution in [0.5, 0.6) is 0 Å². The Morgan fingerprint density at radius 2 is 2.00 bits per heavy atom. The molecule has 2 saturated heterocycles. The van der Waals surface area contributed by atoms with E-state index in [1.165, 1.54) is 0 Å². The highest BCUT2D eigenvalue weighted by atomic mass is 16.2. The SMILES string of the molecule is CC(C)CCC(=O)N1CCC2(CC1)CN(C)CC2c1nc(-c2ccncc2)n[nH]1. The predicted molar refractivity (Wildman–Crippen MR) is 112 cm³/mol. The number of aromatic nitrogens is 4. The summed E-state index contributed by atoms with van der Waals surface area (Å²) in [6, 6.07) is 3.87. The Bertz CT molecular complexity index is 825. The molecule has 29 heavy (non-hydrogen) atoms. The van der Waals surface area contributed by atoms with Crippen LogP contribution in [0.1, 0.15) is 51.3 Å². The van der Waals surface area contributed by atoms with Gasteiger partial charge in [-0.25, -0.2) is 4.98 Å². The number of likely N-dealkylation sites (N-methyl/N-ethyl adjacent to an activating group) is 1. The lowest BCUT2D eigenvalue weighted by atomic mass is 9.70. The highest BCUT2D eigenvalue weighted by Gasteiger charge is 2.49. The molecule has 1 spiro atoms. The average molecular weight is 397 g/mol. The van der Waals surface area contributed by atoms with Crippen LogP contribution < -0.4 is 0 Å². The number of carbonyl (C=O) groups is 1. The second kappa shape index (κ2) is 8.22. The fourth-order valence-electron chi connectivity index (χ4n) is 4.93. The van der Waals surface area contributed by atoms with Crippen LogP contribution in [0.3, 0.4) is 0 Å². The molecule has 2 aliphatic heterocycles. The molecule has 4 rings (SSSR count). The quantitative estimate of drug-likeness (QED) is 0.841. The van der Waals surface area contributed by atoms with E-state index in [1.807, 2.05) is 12.1 Å². The van der Waals surface area contributed by atoms with E-state index in [0.29, 0.717) is 24.2 Å². The zero-order valence-electron chi connectivity index (χ0n) is 17.8. The van der Waals surface area contributed by atoms with Crippen molar-refractivity contribution in [1.82, 2.24) is 30.0 Å². The van der Waals surface area contributed by atoms with E-state index in [-0.39, 0.29) is 5.41 Å². The Kier molecular flexibility index (Phi) is 5.67. The van der Waals surface area contributed by atoms with Crippen molar-refractivity contribution in [3.05, 3.63) is 30.4 Å². The van der Waals surface area contributed by atoms with Gasteiger partial charge in [0.15, 0.2) is 5.82 Å². The van der Waals surface area contributed by atoms with Crippen molar-refractivity contribution in [1.29, 1.82) is 0 Å². The zero-order chi connectivity index (χ0) is 20.4. The van der Waals surface area contributed by atoms with Gasteiger partial charge < -0.3 is 9.80 Å². The van der Waals surface area contributed by atoms with Crippen molar-refractivity contribution in [3.8, 4) is 11.4 Å². The molecule has 0 saturated carbocycles. The van der Waals surface area contributed by atoms with Gasteiger partial charge in [-0.3, -0.25) is 14.9 Å². The molecule has 0 radical (unpaired) electrons. The Hall–Kier alpha value is -2.28. The van der Waals surface area contributed by atoms with Crippen LogP contribution in [0, 0.1) is 11.3 Å². The number of nitrogens with zero attached hydrogens (tertiary/aromatic N) is 5. The second-order valence-electron chi connectivity index (χ2n) is 9.21. The van der Waals surface area contributed by atoms with E-state index >= 15 is 0 Å². The fraction of sp³-hybridized carbons (Fsp3) is 0.636. The number of H-pyrrole nitrogens is 1. The lowest BCUT2D eigenvalue weighted by Crippen LogP contribution is -2.46. The van der Waals surface area contributed by atoms with Crippen LogP contribution in [0.15, 0.2) is 24.5 Å². The molecule has 0 bridgehead atoms. The molecule has 1 N–H and O–H groups in total. The minimum Gasteiger partial charge on any atom is -0.343 e. The molecule has 4 heterocycles. The number of amides is 1. The normalized spacial score (nSPS) is 21.9. The van der Waals surface area contributed by atoms with Crippen molar-refractivity contribution < 1.29 is 4.79 Å². The molecular formula is C22H32N6O. The number of likely N-dealkylation sites (tertiary alicyclic amines) is 2. The molecule has 2 fully saturated rings. The lowest BCUT2D eigenvalue weighted by molar-refractivity contribution is -0.133. The van der Waals surface area contributed by atoms with Gasteiger partial charge in [0, 0.05) is 56.5 Å². The van der Waals surface area contributed by atoms with E-state index in [9.17, 15) is 4.79 Å². The van der Waals surface area contributed by atoms with Crippen LogP contribution in [0.2, 0.25) is 0 Å². The molecule has 2 aliphatic rings. The van der Waals surface area contributed by atoms with Gasteiger partial charge in [-0.1, -0.05) is 13.8 Å². The smallest absolute Gasteiger partial charge is 0.222 e. The van der Waals surface area contributed by atoms with Crippen LogP contribution in [-0.2, 0) is 4.79 Å². The predicted octanol–water partition coefficient (Wildman–Crippen LogP) is 2.94. The molecule has 1 amide bonds. The summed E-state index contributed by atoms with van der Waals surface area (Å²) in [7, 11) is 2.18. The van der Waals surface area contributed by atoms with Crippen LogP contribution in [-0.4, -0.2) is 69.1 Å². The van der Waals surface area contributed by atoms with Crippen molar-refractivity contribution in [2.45, 2.75) is 45.4 Å². The van der Waals surface area contributed by atoms with Crippen molar-refractivity contribution in [3.63, 3.8) is 0 Å². The molecular weight excluding hydrogens is 364 g/mol. The molecule has 1 atom stereocenters. The minimum absolute atomic E-state index is 0.165. The maximum Gasteiger partial charge on any atom is 0.222 e. The first-order valence-electron chi connectivity index (χ1n) is 10.8. The van der Waals surface area contributed by atoms with Gasteiger partial charge in [0.1, 0.15) is 5.82 Å². The highest BCUT2D eigenvalue weighted by molar-refractivity contribution is 5.76. The first-order chi connectivity index (χ1) is 14.0. The van der Waals surface area contributed by atoms with E-state index in [0.717, 1.165) is 62.7 Å². The monoisotopic (exact) mass is 396 g/mol. The summed E-state index contributed by atoms with van der Waals surface area (Å²) >= 11 is 0. The molecule has 0 aromatic carbocycles. The van der Waals surface area contributed by atoms with Crippen molar-refractivity contribution in [2.75, 3.05) is 33.2 Å². The van der Waals surface area contributed by atoms with Gasteiger partial charge in [0.25, 0.3) is 0 Å². The fourth-order valence-corrected chi connectivity index (χ4v) is 4.93. The summed E-state index contributed by atoms with van der Waals surface area (Å²) < 4.78 is 0. The maximum atomic E-state index is 12.6. The summed E-state index contributed by atoms with van der Waals surface area (Å²) in [5.41, 5.74) is 1.15. The number of carbonyl (C=O) groups excluding carboxylic acids is 1. The van der Waals surface area contributed by atoms with Gasteiger partial charge in [-0.2, -0.15) is 5.10 Å². The molecule has 7 nitrogen and oxygen atoms in total. The summed E-state index contributed by atoms with van der Waals surface area (Å²) in [4.78, 5) is 26.0. The molecule has 2 aromatic rings. The number of rotatable bonds is 5. The van der Waals surface area contributed by atoms with Crippen LogP contribution in [0.25, 0.3) is 11.4 Å². The number of pyridine rings is 1. The Morgan fingerprint density at radius 1 is 1.28 bits per heavy atom. The first-order valence-corrected chi connectivity index (χ1v) is 10.8. The Labute approximate surface area is 172 Å². The van der Waals surface area contributed by atoms with Gasteiger partial charge in [-0.05, 0) is 49.8 Å². The number of piperidine rings is 1.